The van der Waals surface area contributed by atoms with Gasteiger partial charge in [-0.3, -0.25) is 0 Å². The third kappa shape index (κ3) is 6.93. The second-order valence-corrected chi connectivity index (χ2v) is 20.5. The topological polar surface area (TPSA) is 51.8 Å². The maximum atomic E-state index is 6.64. The van der Waals surface area contributed by atoms with Crippen molar-refractivity contribution in [1.82, 2.24) is 15.0 Å². The van der Waals surface area contributed by atoms with Gasteiger partial charge in [0.25, 0.3) is 0 Å². The van der Waals surface area contributed by atoms with Gasteiger partial charge in [-0.2, -0.15) is 0 Å². The van der Waals surface area contributed by atoms with Crippen LogP contribution in [0.1, 0.15) is 22.3 Å². The maximum absolute atomic E-state index is 6.64. The van der Waals surface area contributed by atoms with Crippen LogP contribution < -0.4 is 0 Å². The molecule has 14 aromatic rings. The van der Waals surface area contributed by atoms with Crippen LogP contribution >= 0.6 is 11.3 Å². The van der Waals surface area contributed by atoms with E-state index in [9.17, 15) is 0 Å². The molecule has 350 valence electrons. The number of furan rings is 1. The van der Waals surface area contributed by atoms with Crippen LogP contribution in [0.25, 0.3) is 121 Å². The molecule has 11 aromatic carbocycles. The van der Waals surface area contributed by atoms with E-state index in [1.807, 2.05) is 18.2 Å². The van der Waals surface area contributed by atoms with Crippen molar-refractivity contribution in [3.05, 3.63) is 283 Å². The number of hydrogen-bond acceptors (Lipinski definition) is 5. The number of rotatable bonds is 8. The van der Waals surface area contributed by atoms with E-state index in [1.54, 1.807) is 11.3 Å². The number of benzene rings is 11. The average molecular weight is 974 g/mol. The first-order valence-electron chi connectivity index (χ1n) is 25.4. The molecular formula is C70H43N3OS. The fraction of sp³-hybridized carbons (Fsp3) is 0.0143. The van der Waals surface area contributed by atoms with Gasteiger partial charge in [0.2, 0.25) is 0 Å². The van der Waals surface area contributed by atoms with Crippen molar-refractivity contribution < 1.29 is 4.42 Å². The molecule has 0 saturated carbocycles. The Morgan fingerprint density at radius 1 is 0.307 bits per heavy atom. The van der Waals surface area contributed by atoms with E-state index in [1.165, 1.54) is 64.7 Å². The molecule has 0 radical (unpaired) electrons. The molecule has 0 amide bonds. The van der Waals surface area contributed by atoms with Gasteiger partial charge in [-0.05, 0) is 103 Å². The highest BCUT2D eigenvalue weighted by atomic mass is 32.1. The van der Waals surface area contributed by atoms with E-state index >= 15 is 0 Å². The number of nitrogens with zero attached hydrogens (tertiary/aromatic N) is 3. The lowest BCUT2D eigenvalue weighted by Crippen LogP contribution is -2.28. The van der Waals surface area contributed by atoms with Crippen LogP contribution in [0.15, 0.2) is 265 Å². The Balaban J connectivity index is 0.850. The van der Waals surface area contributed by atoms with E-state index in [4.69, 9.17) is 19.4 Å². The first-order valence-corrected chi connectivity index (χ1v) is 26.2. The smallest absolute Gasteiger partial charge is 0.164 e. The van der Waals surface area contributed by atoms with Crippen LogP contribution in [0, 0.1) is 0 Å². The van der Waals surface area contributed by atoms with E-state index in [2.05, 4.69) is 243 Å². The monoisotopic (exact) mass is 973 g/mol. The lowest BCUT2D eigenvalue weighted by atomic mass is 9.67. The van der Waals surface area contributed by atoms with Crippen LogP contribution in [-0.4, -0.2) is 15.0 Å². The molecule has 75 heavy (non-hydrogen) atoms. The molecule has 0 aliphatic heterocycles. The van der Waals surface area contributed by atoms with Crippen LogP contribution in [-0.2, 0) is 5.41 Å². The van der Waals surface area contributed by atoms with Gasteiger partial charge in [-0.15, -0.1) is 11.3 Å². The number of hydrogen-bond donors (Lipinski definition) is 0. The Morgan fingerprint density at radius 2 is 0.840 bits per heavy atom. The summed E-state index contributed by atoms with van der Waals surface area (Å²) < 4.78 is 9.09. The zero-order chi connectivity index (χ0) is 49.5. The van der Waals surface area contributed by atoms with Gasteiger partial charge in [-0.1, -0.05) is 224 Å². The minimum absolute atomic E-state index is 0.460. The van der Waals surface area contributed by atoms with E-state index < -0.39 is 5.41 Å². The summed E-state index contributed by atoms with van der Waals surface area (Å²) in [4.78, 5) is 15.9. The van der Waals surface area contributed by atoms with Gasteiger partial charge in [0.15, 0.2) is 17.5 Å². The highest BCUT2D eigenvalue weighted by Crippen LogP contribution is 2.58. The Kier molecular flexibility index (Phi) is 9.94. The third-order valence-electron chi connectivity index (χ3n) is 15.2. The predicted octanol–water partition coefficient (Wildman–Crippen LogP) is 18.5. The minimum atomic E-state index is -0.460. The molecule has 4 nitrogen and oxygen atoms in total. The summed E-state index contributed by atoms with van der Waals surface area (Å²) in [5.74, 6) is 1.80. The summed E-state index contributed by atoms with van der Waals surface area (Å²) in [7, 11) is 0. The van der Waals surface area contributed by atoms with Gasteiger partial charge in [0.1, 0.15) is 11.2 Å². The van der Waals surface area contributed by atoms with E-state index in [0.29, 0.717) is 17.5 Å². The average Bonchev–Trinajstić information content (AvgIpc) is 4.28. The molecular weight excluding hydrogens is 931 g/mol. The van der Waals surface area contributed by atoms with E-state index in [-0.39, 0.29) is 0 Å². The molecule has 3 heterocycles. The largest absolute Gasteiger partial charge is 0.456 e. The molecule has 0 saturated heterocycles. The predicted molar refractivity (Wildman–Crippen MR) is 310 cm³/mol. The minimum Gasteiger partial charge on any atom is -0.456 e. The normalized spacial score (nSPS) is 12.6. The molecule has 0 spiro atoms. The number of aromatic nitrogens is 3. The van der Waals surface area contributed by atoms with Crippen molar-refractivity contribution in [2.45, 2.75) is 5.41 Å². The summed E-state index contributed by atoms with van der Waals surface area (Å²) in [5, 5.41) is 4.45. The van der Waals surface area contributed by atoms with Crippen LogP contribution in [0.5, 0.6) is 0 Å². The Morgan fingerprint density at radius 3 is 1.64 bits per heavy atom. The molecule has 5 heteroatoms. The first kappa shape index (κ1) is 43.1. The molecule has 0 fully saturated rings. The van der Waals surface area contributed by atoms with Crippen molar-refractivity contribution in [2.24, 2.45) is 0 Å². The number of fused-ring (bicyclic) bond motifs is 9. The third-order valence-corrected chi connectivity index (χ3v) is 16.4. The lowest BCUT2D eigenvalue weighted by Gasteiger charge is -2.34. The molecule has 0 atom stereocenters. The van der Waals surface area contributed by atoms with Gasteiger partial charge >= 0.3 is 0 Å². The number of thiophene rings is 1. The molecule has 1 aliphatic rings. The van der Waals surface area contributed by atoms with Crippen LogP contribution in [0.2, 0.25) is 0 Å². The van der Waals surface area contributed by atoms with Crippen molar-refractivity contribution in [1.29, 1.82) is 0 Å². The molecule has 0 unspecified atom stereocenters. The SMILES string of the molecule is c1ccc(-c2cccc(-c3nc(-c4ccc5c(c4)sc4ccccc45)nc(-c4cccc5oc6ccc(-c7ccc(-c8cccc9c8-c8ccccc8C9(c8ccccc8)c8ccccc8)cc7)cc6c45)n3)c2)cc1. The van der Waals surface area contributed by atoms with E-state index in [0.717, 1.165) is 60.9 Å². The van der Waals surface area contributed by atoms with Crippen molar-refractivity contribution >= 4 is 53.4 Å². The van der Waals surface area contributed by atoms with Gasteiger partial charge in [0.05, 0.1) is 5.41 Å². The zero-order valence-electron chi connectivity index (χ0n) is 40.5. The van der Waals surface area contributed by atoms with Crippen LogP contribution in [0.4, 0.5) is 0 Å². The van der Waals surface area contributed by atoms with Gasteiger partial charge in [-0.25, -0.2) is 15.0 Å². The summed E-state index contributed by atoms with van der Waals surface area (Å²) in [6.45, 7) is 0. The summed E-state index contributed by atoms with van der Waals surface area (Å²) in [6.07, 6.45) is 0. The summed E-state index contributed by atoms with van der Waals surface area (Å²) >= 11 is 1.79. The second-order valence-electron chi connectivity index (χ2n) is 19.4. The maximum Gasteiger partial charge on any atom is 0.164 e. The molecule has 15 rings (SSSR count). The highest BCUT2D eigenvalue weighted by molar-refractivity contribution is 7.25. The van der Waals surface area contributed by atoms with Gasteiger partial charge < -0.3 is 4.42 Å². The van der Waals surface area contributed by atoms with Crippen molar-refractivity contribution in [2.75, 3.05) is 0 Å². The Hall–Kier alpha value is -9.55. The summed E-state index contributed by atoms with van der Waals surface area (Å²) in [6, 6.07) is 93.6. The van der Waals surface area contributed by atoms with Crippen molar-refractivity contribution in [3.63, 3.8) is 0 Å². The van der Waals surface area contributed by atoms with Crippen molar-refractivity contribution in [3.8, 4) is 78.7 Å². The second kappa shape index (κ2) is 17.3. The van der Waals surface area contributed by atoms with Crippen LogP contribution in [0.3, 0.4) is 0 Å². The lowest BCUT2D eigenvalue weighted by molar-refractivity contribution is 0.669. The quantitative estimate of drug-likeness (QED) is 0.152. The molecule has 0 bridgehead atoms. The Labute approximate surface area is 437 Å². The highest BCUT2D eigenvalue weighted by Gasteiger charge is 2.46. The summed E-state index contributed by atoms with van der Waals surface area (Å²) in [5.41, 5.74) is 18.3. The fourth-order valence-electron chi connectivity index (χ4n) is 11.9. The fourth-order valence-corrected chi connectivity index (χ4v) is 13.0. The zero-order valence-corrected chi connectivity index (χ0v) is 41.3. The molecule has 1 aliphatic carbocycles. The first-order chi connectivity index (χ1) is 37.2. The molecule has 3 aromatic heterocycles. The van der Waals surface area contributed by atoms with Gasteiger partial charge in [0, 0.05) is 47.6 Å². The molecule has 0 N–H and O–H groups in total. The Bertz CT molecular complexity index is 4480. The standard InChI is InChI=1S/C70H43N3OS/c1-4-17-44(18-5-1)47-19-14-20-49(41-47)67-71-68(50-37-39-55-54-25-11-13-32-63(54)75-64(55)43-50)73-69(72-67)57-28-16-31-62-66(57)58-42-48(38-40-61(58)74-62)45-33-35-46(36-34-45)53-27-15-30-60-65(53)56-26-10-12-29-59(56)70(60,51-21-6-2-7-22-51)52-23-8-3-9-24-52/h1-43H.